The quantitative estimate of drug-likeness (QED) is 0.143. The van der Waals surface area contributed by atoms with Crippen LogP contribution in [-0.2, 0) is 17.6 Å². The van der Waals surface area contributed by atoms with Gasteiger partial charge in [-0.25, -0.2) is 4.98 Å². The molecule has 3 heterocycles. The van der Waals surface area contributed by atoms with Crippen molar-refractivity contribution in [1.82, 2.24) is 25.1 Å². The van der Waals surface area contributed by atoms with Crippen molar-refractivity contribution < 1.29 is 9.59 Å². The highest BCUT2D eigenvalue weighted by Crippen LogP contribution is 2.28. The molecular formula is C38H51N5O2S. The van der Waals surface area contributed by atoms with Gasteiger partial charge in [-0.3, -0.25) is 9.59 Å². The minimum Gasteiger partial charge on any atom is -0.354 e. The van der Waals surface area contributed by atoms with Crippen molar-refractivity contribution in [3.8, 4) is 0 Å². The number of amides is 2. The van der Waals surface area contributed by atoms with Gasteiger partial charge in [-0.05, 0) is 92.1 Å². The van der Waals surface area contributed by atoms with Gasteiger partial charge in [0.15, 0.2) is 0 Å². The van der Waals surface area contributed by atoms with E-state index in [0.717, 1.165) is 75.0 Å². The maximum absolute atomic E-state index is 13.6. The largest absolute Gasteiger partial charge is 0.354 e. The van der Waals surface area contributed by atoms with Crippen LogP contribution in [0.5, 0.6) is 0 Å². The summed E-state index contributed by atoms with van der Waals surface area (Å²) in [4.78, 5) is 35.9. The summed E-state index contributed by atoms with van der Waals surface area (Å²) in [5.41, 5.74) is 3.78. The zero-order valence-corrected chi connectivity index (χ0v) is 28.8. The van der Waals surface area contributed by atoms with Gasteiger partial charge in [-0.2, -0.15) is 0 Å². The van der Waals surface area contributed by atoms with Gasteiger partial charge in [0.2, 0.25) is 5.91 Å². The Bertz CT molecular complexity index is 1540. The molecule has 0 aliphatic carbocycles. The number of aromatic nitrogens is 2. The molecule has 46 heavy (non-hydrogen) atoms. The topological polar surface area (TPSA) is 79.3 Å². The first-order valence-corrected chi connectivity index (χ1v) is 18.1. The Morgan fingerprint density at radius 2 is 1.85 bits per heavy atom. The molecule has 246 valence electrons. The fourth-order valence-electron chi connectivity index (χ4n) is 6.81. The zero-order valence-electron chi connectivity index (χ0n) is 28.0. The molecule has 1 aliphatic heterocycles. The van der Waals surface area contributed by atoms with E-state index in [1.54, 1.807) is 11.3 Å². The Labute approximate surface area is 278 Å². The van der Waals surface area contributed by atoms with Crippen LogP contribution in [0, 0.1) is 11.8 Å². The van der Waals surface area contributed by atoms with Crippen molar-refractivity contribution in [2.45, 2.75) is 84.7 Å². The summed E-state index contributed by atoms with van der Waals surface area (Å²) in [5.74, 6) is 1.38. The molecule has 2 N–H and O–H groups in total. The summed E-state index contributed by atoms with van der Waals surface area (Å²) < 4.78 is 2.36. The number of imidazole rings is 1. The lowest BCUT2D eigenvalue weighted by molar-refractivity contribution is -0.123. The molecule has 1 fully saturated rings. The third-order valence-corrected chi connectivity index (χ3v) is 10.2. The molecule has 0 saturated carbocycles. The van der Waals surface area contributed by atoms with Crippen molar-refractivity contribution in [3.05, 3.63) is 87.9 Å². The van der Waals surface area contributed by atoms with Crippen LogP contribution in [0.15, 0.2) is 66.0 Å². The number of fused-ring (bicyclic) bond motifs is 1. The Morgan fingerprint density at radius 1 is 1.04 bits per heavy atom. The highest BCUT2D eigenvalue weighted by atomic mass is 32.1. The Balaban J connectivity index is 1.23. The van der Waals surface area contributed by atoms with Crippen LogP contribution in [0.4, 0.5) is 0 Å². The van der Waals surface area contributed by atoms with Crippen molar-refractivity contribution in [3.63, 3.8) is 0 Å². The number of carbonyl (C=O) groups is 2. The van der Waals surface area contributed by atoms with Crippen molar-refractivity contribution in [1.29, 1.82) is 0 Å². The Hall–Kier alpha value is -3.49. The SMILES string of the molecule is CCC(CC)n1c(Cc2cccs2)nc2cc(C(=O)N[C@@H](CC(C)C)C(=O)NCC3CCCN(CCc4ccccc4)C3)ccc21. The van der Waals surface area contributed by atoms with E-state index < -0.39 is 6.04 Å². The predicted molar refractivity (Wildman–Crippen MR) is 190 cm³/mol. The molecule has 4 aromatic rings. The highest BCUT2D eigenvalue weighted by molar-refractivity contribution is 7.09. The van der Waals surface area contributed by atoms with E-state index in [-0.39, 0.29) is 17.7 Å². The van der Waals surface area contributed by atoms with E-state index in [1.165, 1.54) is 10.4 Å². The number of nitrogens with one attached hydrogen (secondary N) is 2. The highest BCUT2D eigenvalue weighted by Gasteiger charge is 2.26. The molecule has 0 spiro atoms. The lowest BCUT2D eigenvalue weighted by Crippen LogP contribution is -2.49. The summed E-state index contributed by atoms with van der Waals surface area (Å²) in [5, 5.41) is 8.37. The molecule has 2 aromatic heterocycles. The average Bonchev–Trinajstić information content (AvgIpc) is 3.71. The number of hydrogen-bond acceptors (Lipinski definition) is 5. The minimum atomic E-state index is -0.586. The summed E-state index contributed by atoms with van der Waals surface area (Å²) in [7, 11) is 0. The van der Waals surface area contributed by atoms with Gasteiger partial charge < -0.3 is 20.1 Å². The fourth-order valence-corrected chi connectivity index (χ4v) is 7.51. The Kier molecular flexibility index (Phi) is 12.0. The molecular weight excluding hydrogens is 591 g/mol. The number of hydrogen-bond donors (Lipinski definition) is 2. The first-order valence-electron chi connectivity index (χ1n) is 17.2. The second kappa shape index (κ2) is 16.4. The molecule has 1 unspecified atom stereocenters. The van der Waals surface area contributed by atoms with Gasteiger partial charge in [0, 0.05) is 42.5 Å². The molecule has 0 bridgehead atoms. The smallest absolute Gasteiger partial charge is 0.252 e. The first kappa shape index (κ1) is 33.9. The number of carbonyl (C=O) groups excluding carboxylic acids is 2. The standard InChI is InChI=1S/C38H51N5O2S/c1-5-31(6-2)43-35-17-16-30(23-33(35)40-36(43)24-32-15-11-21-46-32)37(44)41-34(22-27(3)4)38(45)39-25-29-14-10-19-42(26-29)20-18-28-12-8-7-9-13-28/h7-9,11-13,15-17,21,23,27,29,31,34H,5-6,10,14,18-20,22,24-26H2,1-4H3,(H,39,45)(H,41,44)/t29?,34-/m0/s1. The average molecular weight is 642 g/mol. The van der Waals surface area contributed by atoms with Crippen LogP contribution in [-0.4, -0.2) is 58.5 Å². The maximum atomic E-state index is 13.6. The Morgan fingerprint density at radius 3 is 2.57 bits per heavy atom. The van der Waals surface area contributed by atoms with Crippen LogP contribution in [0.25, 0.3) is 11.0 Å². The van der Waals surface area contributed by atoms with Crippen molar-refractivity contribution in [2.24, 2.45) is 11.8 Å². The molecule has 8 heteroatoms. The summed E-state index contributed by atoms with van der Waals surface area (Å²) >= 11 is 1.74. The summed E-state index contributed by atoms with van der Waals surface area (Å²) in [6, 6.07) is 20.4. The van der Waals surface area contributed by atoms with E-state index in [4.69, 9.17) is 4.98 Å². The summed E-state index contributed by atoms with van der Waals surface area (Å²) in [6.45, 7) is 12.4. The molecule has 7 nitrogen and oxygen atoms in total. The van der Waals surface area contributed by atoms with Crippen LogP contribution < -0.4 is 10.6 Å². The number of benzene rings is 2. The molecule has 2 aromatic carbocycles. The van der Waals surface area contributed by atoms with Crippen molar-refractivity contribution >= 4 is 34.2 Å². The van der Waals surface area contributed by atoms with Crippen LogP contribution in [0.2, 0.25) is 0 Å². The minimum absolute atomic E-state index is 0.0965. The fraction of sp³-hybridized carbons (Fsp3) is 0.500. The van der Waals surface area contributed by atoms with Gasteiger partial charge in [-0.15, -0.1) is 11.3 Å². The number of rotatable bonds is 15. The molecule has 0 radical (unpaired) electrons. The van der Waals surface area contributed by atoms with Gasteiger partial charge in [0.05, 0.1) is 11.0 Å². The number of piperidine rings is 1. The third kappa shape index (κ3) is 8.85. The van der Waals surface area contributed by atoms with Crippen molar-refractivity contribution in [2.75, 3.05) is 26.2 Å². The molecule has 1 saturated heterocycles. The number of thiophene rings is 1. The molecule has 2 amide bonds. The lowest BCUT2D eigenvalue weighted by Gasteiger charge is -2.33. The van der Waals surface area contributed by atoms with E-state index in [2.05, 4.69) is 95.6 Å². The maximum Gasteiger partial charge on any atom is 0.252 e. The third-order valence-electron chi connectivity index (χ3n) is 9.30. The van der Waals surface area contributed by atoms with Gasteiger partial charge in [0.25, 0.3) is 5.91 Å². The van der Waals surface area contributed by atoms with E-state index in [1.807, 2.05) is 18.2 Å². The second-order valence-electron chi connectivity index (χ2n) is 13.3. The van der Waals surface area contributed by atoms with E-state index in [9.17, 15) is 9.59 Å². The lowest BCUT2D eigenvalue weighted by atomic mass is 9.97. The zero-order chi connectivity index (χ0) is 32.5. The van der Waals surface area contributed by atoms with Gasteiger partial charge >= 0.3 is 0 Å². The molecule has 1 aliphatic rings. The van der Waals surface area contributed by atoms with Gasteiger partial charge in [0.1, 0.15) is 11.9 Å². The van der Waals surface area contributed by atoms with Crippen LogP contribution in [0.1, 0.15) is 92.5 Å². The monoisotopic (exact) mass is 641 g/mol. The van der Waals surface area contributed by atoms with E-state index in [0.29, 0.717) is 30.5 Å². The second-order valence-corrected chi connectivity index (χ2v) is 14.3. The van der Waals surface area contributed by atoms with Crippen LogP contribution in [0.3, 0.4) is 0 Å². The summed E-state index contributed by atoms with van der Waals surface area (Å²) in [6.07, 6.45) is 6.69. The molecule has 5 rings (SSSR count). The number of nitrogens with zero attached hydrogens (tertiary/aromatic N) is 3. The van der Waals surface area contributed by atoms with Gasteiger partial charge in [-0.1, -0.05) is 64.1 Å². The van der Waals surface area contributed by atoms with Crippen LogP contribution >= 0.6 is 11.3 Å². The predicted octanol–water partition coefficient (Wildman–Crippen LogP) is 7.27. The molecule has 2 atom stereocenters. The number of likely N-dealkylation sites (tertiary alicyclic amines) is 1. The van der Waals surface area contributed by atoms with E-state index >= 15 is 0 Å². The normalized spacial score (nSPS) is 16.3. The first-order chi connectivity index (χ1) is 22.3.